The van der Waals surface area contributed by atoms with Crippen molar-refractivity contribution in [1.29, 1.82) is 0 Å². The smallest absolute Gasteiger partial charge is 0.191 e. The van der Waals surface area contributed by atoms with Gasteiger partial charge in [-0.1, -0.05) is 13.3 Å². The van der Waals surface area contributed by atoms with Crippen molar-refractivity contribution in [3.8, 4) is 5.75 Å². The maximum absolute atomic E-state index is 13.7. The maximum Gasteiger partial charge on any atom is 0.191 e. The summed E-state index contributed by atoms with van der Waals surface area (Å²) in [6.07, 6.45) is 3.85. The zero-order valence-corrected chi connectivity index (χ0v) is 10.6. The summed E-state index contributed by atoms with van der Waals surface area (Å²) in [4.78, 5) is 0. The highest BCUT2D eigenvalue weighted by atomic mass is 19.1. The van der Waals surface area contributed by atoms with Gasteiger partial charge in [0.05, 0.1) is 6.10 Å². The Hall–Kier alpha value is -1.16. The summed E-state index contributed by atoms with van der Waals surface area (Å²) in [6.45, 7) is 2.26. The molecule has 0 aliphatic heterocycles. The fourth-order valence-electron chi connectivity index (χ4n) is 2.49. The molecule has 1 aliphatic carbocycles. The summed E-state index contributed by atoms with van der Waals surface area (Å²) in [5, 5.41) is 0. The summed E-state index contributed by atoms with van der Waals surface area (Å²) < 4.78 is 33.0. The molecule has 1 aromatic carbocycles. The minimum Gasteiger partial charge on any atom is -0.484 e. The fraction of sp³-hybridized carbons (Fsp3) is 0.571. The van der Waals surface area contributed by atoms with E-state index in [0.29, 0.717) is 11.5 Å². The number of hydrogen-bond acceptors (Lipinski definition) is 2. The van der Waals surface area contributed by atoms with Crippen LogP contribution in [0.4, 0.5) is 8.78 Å². The van der Waals surface area contributed by atoms with Crippen molar-refractivity contribution in [2.75, 3.05) is 0 Å². The van der Waals surface area contributed by atoms with Crippen LogP contribution in [0.2, 0.25) is 0 Å². The number of nitrogens with two attached hydrogens (primary N) is 1. The van der Waals surface area contributed by atoms with Gasteiger partial charge >= 0.3 is 0 Å². The lowest BCUT2D eigenvalue weighted by atomic mass is 9.89. The zero-order chi connectivity index (χ0) is 13.1. The van der Waals surface area contributed by atoms with Crippen LogP contribution in [0.5, 0.6) is 5.75 Å². The molecule has 0 heterocycles. The number of hydrogen-bond donors (Lipinski definition) is 1. The van der Waals surface area contributed by atoms with E-state index in [1.54, 1.807) is 0 Å². The Bertz CT molecular complexity index is 399. The maximum atomic E-state index is 13.7. The van der Waals surface area contributed by atoms with Gasteiger partial charge in [-0.2, -0.15) is 0 Å². The van der Waals surface area contributed by atoms with E-state index in [0.717, 1.165) is 25.7 Å². The van der Waals surface area contributed by atoms with Crippen molar-refractivity contribution in [3.63, 3.8) is 0 Å². The third-order valence-corrected chi connectivity index (χ3v) is 3.47. The molecule has 1 saturated carbocycles. The van der Waals surface area contributed by atoms with Crippen LogP contribution in [-0.2, 0) is 6.54 Å². The van der Waals surface area contributed by atoms with E-state index in [1.807, 2.05) is 0 Å². The Labute approximate surface area is 106 Å². The summed E-state index contributed by atoms with van der Waals surface area (Å²) >= 11 is 0. The topological polar surface area (TPSA) is 35.2 Å². The third-order valence-electron chi connectivity index (χ3n) is 3.47. The van der Waals surface area contributed by atoms with E-state index in [-0.39, 0.29) is 18.4 Å². The van der Waals surface area contributed by atoms with Gasteiger partial charge in [-0.3, -0.25) is 0 Å². The Morgan fingerprint density at radius 1 is 1.28 bits per heavy atom. The van der Waals surface area contributed by atoms with E-state index in [2.05, 4.69) is 6.92 Å². The summed E-state index contributed by atoms with van der Waals surface area (Å²) in [7, 11) is 0. The third kappa shape index (κ3) is 2.99. The second-order valence-corrected chi connectivity index (χ2v) is 5.10. The van der Waals surface area contributed by atoms with Crippen molar-refractivity contribution < 1.29 is 13.5 Å². The quantitative estimate of drug-likeness (QED) is 0.898. The molecule has 0 bridgehead atoms. The SMILES string of the molecule is CC1CCCC(Oc2c(F)cc(CN)cc2F)C1. The standard InChI is InChI=1S/C14H19F2NO/c1-9-3-2-4-11(5-9)18-14-12(15)6-10(8-17)7-13(14)16/h6-7,9,11H,2-5,8,17H2,1H3. The second-order valence-electron chi connectivity index (χ2n) is 5.10. The van der Waals surface area contributed by atoms with Crippen LogP contribution >= 0.6 is 0 Å². The molecule has 1 aliphatic rings. The van der Waals surface area contributed by atoms with Crippen LogP contribution in [0, 0.1) is 17.6 Å². The highest BCUT2D eigenvalue weighted by Gasteiger charge is 2.23. The van der Waals surface area contributed by atoms with Crippen molar-refractivity contribution in [2.24, 2.45) is 11.7 Å². The first-order valence-corrected chi connectivity index (χ1v) is 6.44. The zero-order valence-electron chi connectivity index (χ0n) is 10.6. The van der Waals surface area contributed by atoms with E-state index < -0.39 is 11.6 Å². The van der Waals surface area contributed by atoms with Gasteiger partial charge in [-0.25, -0.2) is 8.78 Å². The molecule has 2 N–H and O–H groups in total. The highest BCUT2D eigenvalue weighted by Crippen LogP contribution is 2.30. The van der Waals surface area contributed by atoms with Gasteiger partial charge in [0, 0.05) is 6.54 Å². The van der Waals surface area contributed by atoms with Gasteiger partial charge in [0.15, 0.2) is 17.4 Å². The van der Waals surface area contributed by atoms with Crippen molar-refractivity contribution in [1.82, 2.24) is 0 Å². The van der Waals surface area contributed by atoms with Crippen LogP contribution in [0.1, 0.15) is 38.2 Å². The Balaban J connectivity index is 2.13. The van der Waals surface area contributed by atoms with E-state index in [1.165, 1.54) is 12.1 Å². The van der Waals surface area contributed by atoms with Crippen LogP contribution in [0.3, 0.4) is 0 Å². The largest absolute Gasteiger partial charge is 0.484 e. The lowest BCUT2D eigenvalue weighted by molar-refractivity contribution is 0.118. The number of rotatable bonds is 3. The summed E-state index contributed by atoms with van der Waals surface area (Å²) in [5.41, 5.74) is 5.81. The van der Waals surface area contributed by atoms with Crippen LogP contribution in [-0.4, -0.2) is 6.10 Å². The molecule has 0 radical (unpaired) electrons. The molecule has 1 aromatic rings. The first-order valence-electron chi connectivity index (χ1n) is 6.44. The molecule has 2 nitrogen and oxygen atoms in total. The Kier molecular flexibility index (Phi) is 4.17. The fourth-order valence-corrected chi connectivity index (χ4v) is 2.49. The van der Waals surface area contributed by atoms with Crippen LogP contribution in [0.15, 0.2) is 12.1 Å². The Morgan fingerprint density at radius 3 is 2.50 bits per heavy atom. The molecule has 18 heavy (non-hydrogen) atoms. The molecule has 0 saturated heterocycles. The number of ether oxygens (including phenoxy) is 1. The summed E-state index contributed by atoms with van der Waals surface area (Å²) in [6, 6.07) is 2.48. The molecule has 0 amide bonds. The molecule has 0 aromatic heterocycles. The van der Waals surface area contributed by atoms with Gasteiger partial charge in [0.25, 0.3) is 0 Å². The van der Waals surface area contributed by atoms with Gasteiger partial charge in [-0.05, 0) is 42.9 Å². The predicted octanol–water partition coefficient (Wildman–Crippen LogP) is 3.38. The number of benzene rings is 1. The van der Waals surface area contributed by atoms with Crippen LogP contribution in [0.25, 0.3) is 0 Å². The average molecular weight is 255 g/mol. The molecular formula is C14H19F2NO. The molecule has 4 heteroatoms. The van der Waals surface area contributed by atoms with Crippen LogP contribution < -0.4 is 10.5 Å². The molecule has 2 atom stereocenters. The van der Waals surface area contributed by atoms with Gasteiger partial charge < -0.3 is 10.5 Å². The minimum absolute atomic E-state index is 0.0820. The van der Waals surface area contributed by atoms with E-state index in [4.69, 9.17) is 10.5 Å². The molecule has 2 rings (SSSR count). The second kappa shape index (κ2) is 5.65. The lowest BCUT2D eigenvalue weighted by Crippen LogP contribution is -2.25. The molecule has 100 valence electrons. The normalized spacial score (nSPS) is 24.0. The van der Waals surface area contributed by atoms with Crippen molar-refractivity contribution in [2.45, 2.75) is 45.3 Å². The summed E-state index contributed by atoms with van der Waals surface area (Å²) in [5.74, 6) is -1.02. The van der Waals surface area contributed by atoms with E-state index >= 15 is 0 Å². The van der Waals surface area contributed by atoms with Gasteiger partial charge in [0.2, 0.25) is 0 Å². The minimum atomic E-state index is -0.659. The average Bonchev–Trinajstić information content (AvgIpc) is 2.33. The first kappa shape index (κ1) is 13.3. The highest BCUT2D eigenvalue weighted by molar-refractivity contribution is 5.31. The molecule has 2 unspecified atom stereocenters. The van der Waals surface area contributed by atoms with Crippen molar-refractivity contribution in [3.05, 3.63) is 29.3 Å². The Morgan fingerprint density at radius 2 is 1.94 bits per heavy atom. The molecular weight excluding hydrogens is 236 g/mol. The molecule has 1 fully saturated rings. The molecule has 0 spiro atoms. The van der Waals surface area contributed by atoms with E-state index in [9.17, 15) is 8.78 Å². The monoisotopic (exact) mass is 255 g/mol. The van der Waals surface area contributed by atoms with Gasteiger partial charge in [-0.15, -0.1) is 0 Å². The predicted molar refractivity (Wildman–Crippen MR) is 66.3 cm³/mol. The number of halogens is 2. The van der Waals surface area contributed by atoms with Crippen molar-refractivity contribution >= 4 is 0 Å². The first-order chi connectivity index (χ1) is 8.60. The van der Waals surface area contributed by atoms with Gasteiger partial charge in [0.1, 0.15) is 0 Å². The lowest BCUT2D eigenvalue weighted by Gasteiger charge is -2.27.